The van der Waals surface area contributed by atoms with Crippen LogP contribution in [0.3, 0.4) is 0 Å². The molecule has 0 N–H and O–H groups in total. The van der Waals surface area contributed by atoms with Crippen LogP contribution in [0.2, 0.25) is 0 Å². The zero-order valence-electron chi connectivity index (χ0n) is 31.2. The molecular weight excluding hydrogens is 566 g/mol. The molecule has 0 saturated heterocycles. The van der Waals surface area contributed by atoms with Crippen LogP contribution in [0.25, 0.3) is 0 Å². The molecule has 0 unspecified atom stereocenters. The molecule has 0 bridgehead atoms. The van der Waals surface area contributed by atoms with E-state index in [1.54, 1.807) is 0 Å². The largest absolute Gasteiger partial charge is 1.00 e. The summed E-state index contributed by atoms with van der Waals surface area (Å²) in [5.41, 5.74) is 0. The Morgan fingerprint density at radius 3 is 0.886 bits per heavy atom. The van der Waals surface area contributed by atoms with Crippen LogP contribution in [-0.2, 0) is 14.2 Å². The standard InChI is InChI=1S/C39H82NO3.ClH/c1-7-11-12-13-14-15-16-17-18-19-20-22-25-28-31-34-37-40(5,6)38-35-32-29-26-23-21-24-27-30-33-36-39(41-8-2,42-9-3)43-10-4;/h7-38H2,1-6H3;1H/q+1;/p-1. The van der Waals surface area contributed by atoms with Gasteiger partial charge in [-0.15, -0.1) is 0 Å². The van der Waals surface area contributed by atoms with E-state index in [1.807, 2.05) is 20.8 Å². The van der Waals surface area contributed by atoms with E-state index in [0.717, 1.165) is 12.8 Å². The highest BCUT2D eigenvalue weighted by Gasteiger charge is 2.31. The molecule has 0 saturated carbocycles. The van der Waals surface area contributed by atoms with Crippen molar-refractivity contribution in [1.82, 2.24) is 0 Å². The molecular formula is C39H82ClNO3. The van der Waals surface area contributed by atoms with E-state index in [4.69, 9.17) is 14.2 Å². The molecule has 0 atom stereocenters. The Balaban J connectivity index is 0. The van der Waals surface area contributed by atoms with Crippen molar-refractivity contribution in [3.05, 3.63) is 0 Å². The van der Waals surface area contributed by atoms with Gasteiger partial charge in [0.25, 0.3) is 5.97 Å². The van der Waals surface area contributed by atoms with E-state index in [-0.39, 0.29) is 12.4 Å². The van der Waals surface area contributed by atoms with Crippen LogP contribution < -0.4 is 12.4 Å². The van der Waals surface area contributed by atoms with Crippen LogP contribution in [0.5, 0.6) is 0 Å². The third kappa shape index (κ3) is 30.8. The summed E-state index contributed by atoms with van der Waals surface area (Å²) < 4.78 is 18.7. The Morgan fingerprint density at radius 1 is 0.364 bits per heavy atom. The summed E-state index contributed by atoms with van der Waals surface area (Å²) in [4.78, 5) is 0. The number of halogens is 1. The van der Waals surface area contributed by atoms with E-state index in [0.29, 0.717) is 19.8 Å². The summed E-state index contributed by atoms with van der Waals surface area (Å²) in [6.07, 6.45) is 37.5. The first-order chi connectivity index (χ1) is 20.9. The zero-order chi connectivity index (χ0) is 31.7. The lowest BCUT2D eigenvalue weighted by Gasteiger charge is -2.32. The van der Waals surface area contributed by atoms with Crippen molar-refractivity contribution in [2.45, 2.75) is 207 Å². The summed E-state index contributed by atoms with van der Waals surface area (Å²) >= 11 is 0. The number of hydrogen-bond donors (Lipinski definition) is 0. The fraction of sp³-hybridized carbons (Fsp3) is 1.00. The predicted octanol–water partition coefficient (Wildman–Crippen LogP) is 9.38. The highest BCUT2D eigenvalue weighted by Crippen LogP contribution is 2.24. The van der Waals surface area contributed by atoms with Gasteiger partial charge in [-0.25, -0.2) is 0 Å². The monoisotopic (exact) mass is 648 g/mol. The summed E-state index contributed by atoms with van der Waals surface area (Å²) in [6, 6.07) is 0. The summed E-state index contributed by atoms with van der Waals surface area (Å²) in [7, 11) is 4.90. The second-order valence-electron chi connectivity index (χ2n) is 14.0. The average Bonchev–Trinajstić information content (AvgIpc) is 2.98. The van der Waals surface area contributed by atoms with Gasteiger partial charge in [0.05, 0.1) is 27.2 Å². The van der Waals surface area contributed by atoms with Gasteiger partial charge in [0.1, 0.15) is 0 Å². The Labute approximate surface area is 284 Å². The Morgan fingerprint density at radius 2 is 0.614 bits per heavy atom. The van der Waals surface area contributed by atoms with Gasteiger partial charge in [0.15, 0.2) is 0 Å². The smallest absolute Gasteiger partial charge is 0.282 e. The molecule has 5 heteroatoms. The van der Waals surface area contributed by atoms with Gasteiger partial charge in [-0.1, -0.05) is 142 Å². The summed E-state index contributed by atoms with van der Waals surface area (Å²) in [6.45, 7) is 12.9. The van der Waals surface area contributed by atoms with E-state index in [1.165, 1.54) is 178 Å². The van der Waals surface area contributed by atoms with E-state index < -0.39 is 5.97 Å². The zero-order valence-corrected chi connectivity index (χ0v) is 31.9. The molecule has 268 valence electrons. The molecule has 4 nitrogen and oxygen atoms in total. The molecule has 0 rings (SSSR count). The molecule has 0 fully saturated rings. The lowest BCUT2D eigenvalue weighted by Crippen LogP contribution is -3.00. The van der Waals surface area contributed by atoms with Gasteiger partial charge in [-0.05, 0) is 52.9 Å². The van der Waals surface area contributed by atoms with Crippen LogP contribution >= 0.6 is 0 Å². The minimum absolute atomic E-state index is 0. The van der Waals surface area contributed by atoms with Gasteiger partial charge in [-0.2, -0.15) is 0 Å². The van der Waals surface area contributed by atoms with Crippen molar-refractivity contribution in [3.63, 3.8) is 0 Å². The van der Waals surface area contributed by atoms with E-state index in [2.05, 4.69) is 21.0 Å². The van der Waals surface area contributed by atoms with Crippen molar-refractivity contribution in [2.75, 3.05) is 47.0 Å². The summed E-state index contributed by atoms with van der Waals surface area (Å²) in [5.74, 6) is -0.822. The number of unbranched alkanes of at least 4 members (excludes halogenated alkanes) is 24. The molecule has 0 aromatic rings. The van der Waals surface area contributed by atoms with Crippen molar-refractivity contribution < 1.29 is 31.1 Å². The maximum Gasteiger partial charge on any atom is 0.282 e. The molecule has 0 radical (unpaired) electrons. The molecule has 44 heavy (non-hydrogen) atoms. The minimum atomic E-state index is -0.822. The van der Waals surface area contributed by atoms with Crippen LogP contribution in [0, 0.1) is 0 Å². The third-order valence-corrected chi connectivity index (χ3v) is 9.21. The van der Waals surface area contributed by atoms with Crippen molar-refractivity contribution in [3.8, 4) is 0 Å². The fourth-order valence-electron chi connectivity index (χ4n) is 6.50. The predicted molar refractivity (Wildman–Crippen MR) is 190 cm³/mol. The molecule has 0 aliphatic carbocycles. The first-order valence-corrected chi connectivity index (χ1v) is 19.7. The topological polar surface area (TPSA) is 27.7 Å². The maximum absolute atomic E-state index is 5.84. The normalized spacial score (nSPS) is 12.1. The second kappa shape index (κ2) is 34.5. The fourth-order valence-corrected chi connectivity index (χ4v) is 6.50. The second-order valence-corrected chi connectivity index (χ2v) is 14.0. The SMILES string of the molecule is CCCCCCCCCCCCCCCCCC[N+](C)(C)CCCCCCCCCCCCC(OCC)(OCC)OCC.[Cl-]. The number of nitrogens with zero attached hydrogens (tertiary/aromatic N) is 1. The number of quaternary nitrogens is 1. The minimum Gasteiger partial charge on any atom is -1.00 e. The molecule has 0 spiro atoms. The van der Waals surface area contributed by atoms with E-state index in [9.17, 15) is 0 Å². The molecule has 0 aliphatic rings. The number of hydrogen-bond acceptors (Lipinski definition) is 3. The molecule has 0 aromatic heterocycles. The van der Waals surface area contributed by atoms with Crippen molar-refractivity contribution in [2.24, 2.45) is 0 Å². The Kier molecular flexibility index (Phi) is 36.2. The molecule has 0 heterocycles. The Bertz CT molecular complexity index is 528. The number of ether oxygens (including phenoxy) is 3. The van der Waals surface area contributed by atoms with Gasteiger partial charge < -0.3 is 31.1 Å². The van der Waals surface area contributed by atoms with Crippen LogP contribution in [0.15, 0.2) is 0 Å². The molecule has 0 aromatic carbocycles. The quantitative estimate of drug-likeness (QED) is 0.0385. The lowest BCUT2D eigenvalue weighted by atomic mass is 10.0. The van der Waals surface area contributed by atoms with Crippen LogP contribution in [0.1, 0.15) is 201 Å². The van der Waals surface area contributed by atoms with Gasteiger partial charge in [0, 0.05) is 26.2 Å². The summed E-state index contributed by atoms with van der Waals surface area (Å²) in [5, 5.41) is 0. The highest BCUT2D eigenvalue weighted by molar-refractivity contribution is 4.59. The average molecular weight is 649 g/mol. The third-order valence-electron chi connectivity index (χ3n) is 9.21. The first-order valence-electron chi connectivity index (χ1n) is 19.7. The van der Waals surface area contributed by atoms with Gasteiger partial charge in [0.2, 0.25) is 0 Å². The highest BCUT2D eigenvalue weighted by atomic mass is 35.5. The molecule has 0 amide bonds. The molecule has 0 aliphatic heterocycles. The van der Waals surface area contributed by atoms with Crippen molar-refractivity contribution >= 4 is 0 Å². The van der Waals surface area contributed by atoms with E-state index >= 15 is 0 Å². The Hall–Kier alpha value is 0.130. The van der Waals surface area contributed by atoms with Gasteiger partial charge in [-0.3, -0.25) is 0 Å². The van der Waals surface area contributed by atoms with Gasteiger partial charge >= 0.3 is 0 Å². The van der Waals surface area contributed by atoms with Crippen LogP contribution in [0.4, 0.5) is 0 Å². The van der Waals surface area contributed by atoms with Crippen molar-refractivity contribution in [1.29, 1.82) is 0 Å². The lowest BCUT2D eigenvalue weighted by molar-refractivity contribution is -0.890. The number of rotatable bonds is 36. The maximum atomic E-state index is 5.84. The first kappa shape index (κ1) is 46.2. The van der Waals surface area contributed by atoms with Crippen LogP contribution in [-0.4, -0.2) is 57.5 Å².